The molecule has 0 atom stereocenters. The third kappa shape index (κ3) is 1.76. The number of carboxylic acid groups (broad SMARTS) is 1. The van der Waals surface area contributed by atoms with Crippen molar-refractivity contribution < 1.29 is 9.90 Å². The second-order valence-corrected chi connectivity index (χ2v) is 4.44. The van der Waals surface area contributed by atoms with Crippen LogP contribution in [0.25, 0.3) is 11.4 Å². The van der Waals surface area contributed by atoms with Gasteiger partial charge in [-0.15, -0.1) is 10.2 Å². The van der Waals surface area contributed by atoms with E-state index < -0.39 is 5.97 Å². The minimum absolute atomic E-state index is 0.0857. The highest BCUT2D eigenvalue weighted by atomic mass is 32.2. The van der Waals surface area contributed by atoms with Crippen LogP contribution in [0, 0.1) is 0 Å². The Hall–Kier alpha value is -2.22. The van der Waals surface area contributed by atoms with Gasteiger partial charge in [0.15, 0.2) is 11.5 Å². The van der Waals surface area contributed by atoms with Gasteiger partial charge in [0.25, 0.3) is 0 Å². The Morgan fingerprint density at radius 1 is 1.33 bits per heavy atom. The Morgan fingerprint density at radius 2 is 2.11 bits per heavy atom. The minimum atomic E-state index is -1.03. The zero-order chi connectivity index (χ0) is 12.5. The first-order valence-corrected chi connectivity index (χ1v) is 6.04. The van der Waals surface area contributed by atoms with Crippen molar-refractivity contribution in [2.45, 2.75) is 5.16 Å². The van der Waals surface area contributed by atoms with E-state index >= 15 is 0 Å². The first kappa shape index (κ1) is 10.9. The van der Waals surface area contributed by atoms with Crippen LogP contribution < -0.4 is 0 Å². The molecule has 0 saturated heterocycles. The number of rotatable bonds is 2. The van der Waals surface area contributed by atoms with Gasteiger partial charge in [0.1, 0.15) is 0 Å². The van der Waals surface area contributed by atoms with Crippen LogP contribution in [-0.2, 0) is 4.79 Å². The molecular formula is C10H7N5O2S. The second-order valence-electron chi connectivity index (χ2n) is 3.49. The van der Waals surface area contributed by atoms with Gasteiger partial charge >= 0.3 is 5.97 Å². The van der Waals surface area contributed by atoms with E-state index in [4.69, 9.17) is 5.11 Å². The summed E-state index contributed by atoms with van der Waals surface area (Å²) in [5, 5.41) is 21.6. The molecule has 1 aliphatic rings. The molecule has 0 radical (unpaired) electrons. The van der Waals surface area contributed by atoms with Gasteiger partial charge in [-0.3, -0.25) is 4.98 Å². The lowest BCUT2D eigenvalue weighted by Crippen LogP contribution is -2.21. The van der Waals surface area contributed by atoms with Crippen molar-refractivity contribution in [1.29, 1.82) is 0 Å². The standard InChI is InChI=1S/C10H7N5O2S/c16-9(17)7-5-18-10-13-12-8(15(10)14-7)6-1-3-11-4-2-6/h1-4H,5H2,(H,16,17). The zero-order valence-electron chi connectivity index (χ0n) is 9.02. The summed E-state index contributed by atoms with van der Waals surface area (Å²) in [5.74, 6) is -0.218. The van der Waals surface area contributed by atoms with Gasteiger partial charge in [-0.05, 0) is 12.1 Å². The van der Waals surface area contributed by atoms with Crippen LogP contribution in [0.3, 0.4) is 0 Å². The number of carbonyl (C=O) groups is 1. The Bertz CT molecular complexity index is 637. The fraction of sp³-hybridized carbons (Fsp3) is 0.100. The summed E-state index contributed by atoms with van der Waals surface area (Å²) in [6.07, 6.45) is 3.27. The molecule has 0 fully saturated rings. The summed E-state index contributed by atoms with van der Waals surface area (Å²) in [4.78, 5) is 14.8. The summed E-state index contributed by atoms with van der Waals surface area (Å²) in [7, 11) is 0. The smallest absolute Gasteiger partial charge is 0.352 e. The molecule has 18 heavy (non-hydrogen) atoms. The molecule has 0 aromatic carbocycles. The van der Waals surface area contributed by atoms with Crippen LogP contribution in [0.15, 0.2) is 34.8 Å². The van der Waals surface area contributed by atoms with Crippen molar-refractivity contribution in [1.82, 2.24) is 19.9 Å². The lowest BCUT2D eigenvalue weighted by molar-refractivity contribution is -0.129. The van der Waals surface area contributed by atoms with Gasteiger partial charge in [-0.2, -0.15) is 9.78 Å². The number of thioether (sulfide) groups is 1. The molecule has 0 amide bonds. The molecule has 0 aliphatic carbocycles. The highest BCUT2D eigenvalue weighted by Crippen LogP contribution is 2.26. The third-order valence-corrected chi connectivity index (χ3v) is 3.29. The highest BCUT2D eigenvalue weighted by Gasteiger charge is 2.22. The van der Waals surface area contributed by atoms with E-state index in [2.05, 4.69) is 20.3 Å². The van der Waals surface area contributed by atoms with Gasteiger partial charge in [0, 0.05) is 18.0 Å². The number of aliphatic carboxylic acids is 1. The summed E-state index contributed by atoms with van der Waals surface area (Å²) >= 11 is 1.30. The van der Waals surface area contributed by atoms with Crippen molar-refractivity contribution in [2.75, 3.05) is 5.75 Å². The molecule has 1 aliphatic heterocycles. The molecule has 0 unspecified atom stereocenters. The van der Waals surface area contributed by atoms with E-state index in [0.717, 1.165) is 5.56 Å². The van der Waals surface area contributed by atoms with Crippen LogP contribution >= 0.6 is 11.8 Å². The van der Waals surface area contributed by atoms with Crippen molar-refractivity contribution in [3.05, 3.63) is 24.5 Å². The SMILES string of the molecule is O=C(O)C1=Nn2c(nnc2-c2ccncc2)SC1. The normalized spacial score (nSPS) is 13.9. The van der Waals surface area contributed by atoms with E-state index in [9.17, 15) is 4.79 Å². The fourth-order valence-corrected chi connectivity index (χ4v) is 2.31. The highest BCUT2D eigenvalue weighted by molar-refractivity contribution is 8.00. The van der Waals surface area contributed by atoms with Crippen LogP contribution in [0.4, 0.5) is 0 Å². The number of carboxylic acids is 1. The summed E-state index contributed by atoms with van der Waals surface area (Å²) in [6, 6.07) is 3.54. The lowest BCUT2D eigenvalue weighted by Gasteiger charge is -2.10. The molecule has 0 bridgehead atoms. The maximum atomic E-state index is 10.9. The van der Waals surface area contributed by atoms with E-state index in [-0.39, 0.29) is 5.71 Å². The van der Waals surface area contributed by atoms with E-state index in [1.165, 1.54) is 16.4 Å². The zero-order valence-corrected chi connectivity index (χ0v) is 9.83. The predicted molar refractivity (Wildman–Crippen MR) is 64.4 cm³/mol. The summed E-state index contributed by atoms with van der Waals surface area (Å²) in [5.41, 5.74) is 0.877. The molecule has 1 N–H and O–H groups in total. The predicted octanol–water partition coefficient (Wildman–Crippen LogP) is 0.734. The molecule has 0 spiro atoms. The number of pyridine rings is 1. The number of aromatic nitrogens is 4. The topological polar surface area (TPSA) is 93.3 Å². The molecule has 3 rings (SSSR count). The van der Waals surface area contributed by atoms with Gasteiger partial charge in [0.05, 0.1) is 5.75 Å². The Balaban J connectivity index is 2.12. The Labute approximate surface area is 106 Å². The average molecular weight is 261 g/mol. The molecule has 3 heterocycles. The first-order valence-electron chi connectivity index (χ1n) is 5.05. The first-order chi connectivity index (χ1) is 8.75. The van der Waals surface area contributed by atoms with Crippen molar-refractivity contribution in [3.8, 4) is 11.4 Å². The van der Waals surface area contributed by atoms with Crippen LogP contribution in [0.2, 0.25) is 0 Å². The second kappa shape index (κ2) is 4.22. The molecule has 0 saturated carbocycles. The quantitative estimate of drug-likeness (QED) is 0.856. The molecule has 2 aromatic rings. The van der Waals surface area contributed by atoms with Crippen molar-refractivity contribution >= 4 is 23.4 Å². The third-order valence-electron chi connectivity index (χ3n) is 2.36. The van der Waals surface area contributed by atoms with Crippen molar-refractivity contribution in [2.24, 2.45) is 5.10 Å². The Kier molecular flexibility index (Phi) is 2.56. The van der Waals surface area contributed by atoms with Crippen molar-refractivity contribution in [3.63, 3.8) is 0 Å². The maximum absolute atomic E-state index is 10.9. The maximum Gasteiger partial charge on any atom is 0.352 e. The van der Waals surface area contributed by atoms with Gasteiger partial charge in [-0.25, -0.2) is 4.79 Å². The van der Waals surface area contributed by atoms with Gasteiger partial charge < -0.3 is 5.11 Å². The van der Waals surface area contributed by atoms with Crippen LogP contribution in [-0.4, -0.2) is 42.4 Å². The monoisotopic (exact) mass is 261 g/mol. The van der Waals surface area contributed by atoms with Crippen LogP contribution in [0.5, 0.6) is 0 Å². The summed E-state index contributed by atoms with van der Waals surface area (Å²) in [6.45, 7) is 0. The molecule has 8 heteroatoms. The number of nitrogens with zero attached hydrogens (tertiary/aromatic N) is 5. The molecule has 90 valence electrons. The summed E-state index contributed by atoms with van der Waals surface area (Å²) < 4.78 is 1.45. The fourth-order valence-electron chi connectivity index (χ4n) is 1.51. The molecular weight excluding hydrogens is 254 g/mol. The van der Waals surface area contributed by atoms with Gasteiger partial charge in [-0.1, -0.05) is 11.8 Å². The number of fused-ring (bicyclic) bond motifs is 1. The molecule has 7 nitrogen and oxygen atoms in total. The van der Waals surface area contributed by atoms with Gasteiger partial charge in [0.2, 0.25) is 5.16 Å². The van der Waals surface area contributed by atoms with E-state index in [1.54, 1.807) is 24.5 Å². The van der Waals surface area contributed by atoms with Crippen LogP contribution in [0.1, 0.15) is 0 Å². The average Bonchev–Trinajstić information content (AvgIpc) is 2.82. The number of hydrogen-bond donors (Lipinski definition) is 1. The minimum Gasteiger partial charge on any atom is -0.477 e. The number of hydrogen-bond acceptors (Lipinski definition) is 6. The van der Waals surface area contributed by atoms with E-state index in [0.29, 0.717) is 16.7 Å². The lowest BCUT2D eigenvalue weighted by atomic mass is 10.2. The Morgan fingerprint density at radius 3 is 2.83 bits per heavy atom. The molecule has 2 aromatic heterocycles. The largest absolute Gasteiger partial charge is 0.477 e. The van der Waals surface area contributed by atoms with E-state index in [1.807, 2.05) is 0 Å².